The van der Waals surface area contributed by atoms with Crippen molar-refractivity contribution in [1.82, 2.24) is 30.2 Å². The first-order valence-corrected chi connectivity index (χ1v) is 32.5. The summed E-state index contributed by atoms with van der Waals surface area (Å²) in [6.07, 6.45) is -2.81. The van der Waals surface area contributed by atoms with Gasteiger partial charge in [-0.15, -0.1) is 0 Å². The van der Waals surface area contributed by atoms with Crippen molar-refractivity contribution in [2.45, 2.75) is 161 Å². The lowest BCUT2D eigenvalue weighted by Gasteiger charge is -2.63. The van der Waals surface area contributed by atoms with Crippen LogP contribution in [-0.2, 0) is 50.7 Å². The maximum absolute atomic E-state index is 13.1. The summed E-state index contributed by atoms with van der Waals surface area (Å²) in [5, 5.41) is 71.6. The van der Waals surface area contributed by atoms with Crippen LogP contribution in [0.1, 0.15) is 112 Å². The van der Waals surface area contributed by atoms with Crippen LogP contribution in [0.5, 0.6) is 0 Å². The average molecular weight is 1220 g/mol. The number of carbonyl (C=O) groups is 3. The maximum Gasteiger partial charge on any atom is 0.481 e. The highest BCUT2D eigenvalue weighted by Crippen LogP contribution is 2.69. The molecule has 5 fully saturated rings. The normalized spacial score (nSPS) is 34.7. The van der Waals surface area contributed by atoms with Gasteiger partial charge in [-0.05, 0) is 104 Å². The number of anilines is 1. The number of aromatic nitrogens is 4. The molecule has 12 unspecified atom stereocenters. The second kappa shape index (κ2) is 25.5. The molecule has 1 saturated heterocycles. The van der Waals surface area contributed by atoms with Gasteiger partial charge < -0.3 is 71.3 Å². The zero-order chi connectivity index (χ0) is 59.1. The minimum atomic E-state index is -5.62. The van der Waals surface area contributed by atoms with Crippen LogP contribution in [0.2, 0.25) is 0 Å². The molecule has 14 N–H and O–H groups in total. The number of aliphatic hydroxyl groups excluding tert-OH is 6. The number of carbonyl (C=O) groups excluding carboxylic acids is 3. The molecule has 32 heteroatoms. The summed E-state index contributed by atoms with van der Waals surface area (Å²) in [5.41, 5.74) is 3.82. The molecule has 3 heterocycles. The van der Waals surface area contributed by atoms with Gasteiger partial charge in [-0.3, -0.25) is 32.5 Å². The van der Waals surface area contributed by atoms with E-state index in [1.807, 2.05) is 0 Å². The van der Waals surface area contributed by atoms with E-state index in [0.29, 0.717) is 32.1 Å². The van der Waals surface area contributed by atoms with Gasteiger partial charge in [0.1, 0.15) is 36.3 Å². The molecule has 2 amide bonds. The van der Waals surface area contributed by atoms with Gasteiger partial charge >= 0.3 is 23.5 Å². The van der Waals surface area contributed by atoms with Crippen molar-refractivity contribution in [3.05, 3.63) is 12.7 Å². The molecule has 4 aliphatic carbocycles. The van der Waals surface area contributed by atoms with E-state index in [9.17, 15) is 78.3 Å². The summed E-state index contributed by atoms with van der Waals surface area (Å²) in [4.78, 5) is 89.9. The van der Waals surface area contributed by atoms with Crippen molar-refractivity contribution >= 4 is 69.1 Å². The smallest absolute Gasteiger partial charge is 0.393 e. The molecular formula is C48H80N7O21P3S. The van der Waals surface area contributed by atoms with E-state index < -0.39 is 109 Å². The Kier molecular flexibility index (Phi) is 20.7. The highest BCUT2D eigenvalue weighted by molar-refractivity contribution is 8.13. The van der Waals surface area contributed by atoms with Crippen LogP contribution < -0.4 is 16.4 Å². The summed E-state index contributed by atoms with van der Waals surface area (Å²) >= 11 is 0.968. The topological polar surface area (TPSA) is 445 Å². The molecule has 1 aliphatic heterocycles. The average Bonchev–Trinajstić information content (AvgIpc) is 3.66. The minimum Gasteiger partial charge on any atom is -0.393 e. The van der Waals surface area contributed by atoms with Crippen molar-refractivity contribution in [2.75, 3.05) is 37.8 Å². The van der Waals surface area contributed by atoms with Crippen molar-refractivity contribution in [2.24, 2.45) is 57.7 Å². The van der Waals surface area contributed by atoms with E-state index in [4.69, 9.17) is 19.5 Å². The number of aliphatic hydroxyl groups is 6. The fourth-order valence-corrected chi connectivity index (χ4v) is 17.2. The predicted octanol–water partition coefficient (Wildman–Crippen LogP) is 2.04. The third kappa shape index (κ3) is 14.5. The second-order valence-corrected chi connectivity index (χ2v) is 29.0. The van der Waals surface area contributed by atoms with E-state index in [1.165, 1.54) is 13.8 Å². The Morgan fingerprint density at radius 3 is 2.33 bits per heavy atom. The van der Waals surface area contributed by atoms with Crippen molar-refractivity contribution in [3.63, 3.8) is 0 Å². The summed E-state index contributed by atoms with van der Waals surface area (Å²) in [6, 6.07) is 0. The predicted molar refractivity (Wildman–Crippen MR) is 285 cm³/mol. The number of hydrogen-bond acceptors (Lipinski definition) is 22. The third-order valence-electron chi connectivity index (χ3n) is 18.1. The molecule has 0 bridgehead atoms. The Bertz CT molecular complexity index is 2670. The van der Waals surface area contributed by atoms with E-state index >= 15 is 0 Å². The Balaban J connectivity index is 0.780. The zero-order valence-electron chi connectivity index (χ0n) is 45.6. The Labute approximate surface area is 467 Å². The van der Waals surface area contributed by atoms with Crippen molar-refractivity contribution < 1.29 is 101 Å². The standard InChI is InChI=1S/C48H80N7O21P3S/c1-24(28-8-9-29-36-30(19-34(59)48(28,29)6)47(5)13-11-27(56)17-26(47)18-32(36)58)7-10-31(57)25(2)45(64)80-16-15-50-35(60)12-14-51-43(63)40(62)46(3,4)21-73-79(70,71)76-78(68,69)72-20-33-39(75-77(65,66)67)38(61)44(74-33)55-23-54-37-41(49)52-22-53-42(37)55/h22-34,36,38-40,44,56-59,61-62H,7-21H2,1-6H3,(H,50,60)(H,51,63)(H,68,69)(H,70,71)(H2,49,52,53)(H2,65,66,67)/t24?,25?,26-,27?,28?,29?,30?,31?,32?,33+,34-,36?,38+,39+,40?,44+,47-,48+/m0/s1. The van der Waals surface area contributed by atoms with E-state index in [2.05, 4.69) is 55.2 Å². The molecule has 2 aromatic heterocycles. The Morgan fingerprint density at radius 2 is 1.62 bits per heavy atom. The number of phosphoric ester groups is 3. The number of phosphoric acid groups is 3. The molecule has 20 atom stereocenters. The molecule has 5 aliphatic rings. The number of imidazole rings is 1. The van der Waals surface area contributed by atoms with Gasteiger partial charge in [-0.25, -0.2) is 28.6 Å². The van der Waals surface area contributed by atoms with Crippen LogP contribution in [-0.4, -0.2) is 168 Å². The van der Waals surface area contributed by atoms with Crippen LogP contribution in [0.15, 0.2) is 12.7 Å². The monoisotopic (exact) mass is 1220 g/mol. The second-order valence-electron chi connectivity index (χ2n) is 23.7. The number of rotatable bonds is 25. The Morgan fingerprint density at radius 1 is 0.925 bits per heavy atom. The van der Waals surface area contributed by atoms with Gasteiger partial charge in [0, 0.05) is 30.7 Å². The number of ether oxygens (including phenoxy) is 1. The van der Waals surface area contributed by atoms with Gasteiger partial charge in [0.2, 0.25) is 11.8 Å². The SMILES string of the molecule is CC(CCC(O)C(C)C(=O)SCCNC(=O)CCNC(=O)C(O)C(C)(C)COP(=O)(O)OP(=O)(O)OC[C@H]1O[C@@H](n2cnc3c(N)ncnc32)[C@H](O)[C@@H]1OP(=O)(O)O)C1CCC2C3C(O)C[C@@H]4CC(O)CC[C@]4(C)C3C[C@H](O)[C@]12C. The summed E-state index contributed by atoms with van der Waals surface area (Å²) < 4.78 is 62.8. The third-order valence-corrected chi connectivity index (χ3v) is 22.3. The number of amides is 2. The summed E-state index contributed by atoms with van der Waals surface area (Å²) in [7, 11) is -16.5. The lowest BCUT2D eigenvalue weighted by molar-refractivity contribution is -0.207. The van der Waals surface area contributed by atoms with E-state index in [-0.39, 0.29) is 99.8 Å². The minimum absolute atomic E-state index is 0.0198. The molecule has 0 aromatic carbocycles. The molecule has 4 saturated carbocycles. The maximum atomic E-state index is 13.1. The zero-order valence-corrected chi connectivity index (χ0v) is 49.1. The number of nitrogens with zero attached hydrogens (tertiary/aromatic N) is 4. The largest absolute Gasteiger partial charge is 0.481 e. The first-order valence-electron chi connectivity index (χ1n) is 27.0. The lowest BCUT2D eigenvalue weighted by Crippen LogP contribution is -2.62. The first kappa shape index (κ1) is 65.0. The van der Waals surface area contributed by atoms with Crippen LogP contribution in [0, 0.1) is 57.7 Å². The molecule has 80 heavy (non-hydrogen) atoms. The van der Waals surface area contributed by atoms with Crippen LogP contribution >= 0.6 is 35.2 Å². The lowest BCUT2D eigenvalue weighted by atomic mass is 9.43. The molecule has 0 spiro atoms. The number of nitrogens with one attached hydrogen (secondary N) is 2. The molecule has 2 aromatic rings. The van der Waals surface area contributed by atoms with Gasteiger partial charge in [-0.1, -0.05) is 53.3 Å². The number of hydrogen-bond donors (Lipinski definition) is 13. The molecular weight excluding hydrogens is 1140 g/mol. The van der Waals surface area contributed by atoms with Crippen LogP contribution in [0.3, 0.4) is 0 Å². The Hall–Kier alpha value is -2.60. The van der Waals surface area contributed by atoms with Gasteiger partial charge in [-0.2, -0.15) is 4.31 Å². The molecule has 7 rings (SSSR count). The molecule has 0 radical (unpaired) electrons. The van der Waals surface area contributed by atoms with E-state index in [0.717, 1.165) is 54.7 Å². The quantitative estimate of drug-likeness (QED) is 0.0500. The number of thioether (sulfide) groups is 1. The van der Waals surface area contributed by atoms with Crippen LogP contribution in [0.25, 0.3) is 11.2 Å². The number of nitrogens with two attached hydrogens (primary N) is 1. The first-order chi connectivity index (χ1) is 37.2. The van der Waals surface area contributed by atoms with Gasteiger partial charge in [0.25, 0.3) is 0 Å². The van der Waals surface area contributed by atoms with Crippen molar-refractivity contribution in [1.29, 1.82) is 0 Å². The summed E-state index contributed by atoms with van der Waals surface area (Å²) in [5.74, 6) is -1.01. The summed E-state index contributed by atoms with van der Waals surface area (Å²) in [6.45, 7) is 8.57. The van der Waals surface area contributed by atoms with Gasteiger partial charge in [0.15, 0.2) is 22.8 Å². The number of fused-ring (bicyclic) bond motifs is 6. The highest BCUT2D eigenvalue weighted by atomic mass is 32.2. The van der Waals surface area contributed by atoms with Crippen molar-refractivity contribution in [3.8, 4) is 0 Å². The fourth-order valence-electron chi connectivity index (χ4n) is 13.6. The van der Waals surface area contributed by atoms with Crippen LogP contribution in [0.4, 0.5) is 5.82 Å². The molecule has 454 valence electrons. The van der Waals surface area contributed by atoms with E-state index in [1.54, 1.807) is 6.92 Å². The highest BCUT2D eigenvalue weighted by Gasteiger charge is 2.66. The molecule has 28 nitrogen and oxygen atoms in total. The number of nitrogen functional groups attached to an aromatic ring is 1. The fraction of sp³-hybridized carbons (Fsp3) is 0.833. The van der Waals surface area contributed by atoms with Gasteiger partial charge in [0.05, 0.1) is 49.9 Å².